The average Bonchev–Trinajstić information content (AvgIpc) is 2.51. The van der Waals surface area contributed by atoms with E-state index in [4.69, 9.17) is 0 Å². The Balaban J connectivity index is 2.11. The first-order chi connectivity index (χ1) is 6.77. The van der Waals surface area contributed by atoms with Crippen molar-refractivity contribution < 1.29 is 9.59 Å². The summed E-state index contributed by atoms with van der Waals surface area (Å²) in [7, 11) is 0. The summed E-state index contributed by atoms with van der Waals surface area (Å²) in [6, 6.07) is 9.67. The molecule has 0 spiro atoms. The van der Waals surface area contributed by atoms with Gasteiger partial charge < -0.3 is 0 Å². The molecule has 0 saturated carbocycles. The first kappa shape index (κ1) is 9.46. The van der Waals surface area contributed by atoms with Gasteiger partial charge in [-0.1, -0.05) is 42.1 Å². The minimum atomic E-state index is -0.401. The monoisotopic (exact) mass is 206 g/mol. The Morgan fingerprint density at radius 3 is 2.50 bits per heavy atom. The van der Waals surface area contributed by atoms with Crippen molar-refractivity contribution in [1.29, 1.82) is 0 Å². The first-order valence-electron chi connectivity index (χ1n) is 4.50. The molecule has 2 rings (SSSR count). The van der Waals surface area contributed by atoms with Crippen LogP contribution in [0.1, 0.15) is 5.56 Å². The zero-order valence-corrected chi connectivity index (χ0v) is 8.42. The maximum Gasteiger partial charge on any atom is 0.200 e. The number of carbonyl (C=O) groups excluding carboxylic acids is 2. The molecule has 2 nitrogen and oxygen atoms in total. The third-order valence-electron chi connectivity index (χ3n) is 2.31. The average molecular weight is 206 g/mol. The predicted octanol–water partition coefficient (Wildman–Crippen LogP) is 1.69. The van der Waals surface area contributed by atoms with Crippen molar-refractivity contribution in [3.05, 3.63) is 35.9 Å². The number of hydrogen-bond donors (Lipinski definition) is 0. The fourth-order valence-electron chi connectivity index (χ4n) is 1.52. The first-order valence-corrected chi connectivity index (χ1v) is 5.49. The zero-order valence-electron chi connectivity index (χ0n) is 7.60. The highest BCUT2D eigenvalue weighted by atomic mass is 32.2. The van der Waals surface area contributed by atoms with Crippen LogP contribution in [0.3, 0.4) is 0 Å². The summed E-state index contributed by atoms with van der Waals surface area (Å²) in [5.41, 5.74) is 1.06. The molecular formula is C11H10O2S. The smallest absolute Gasteiger partial charge is 0.200 e. The SMILES string of the molecule is O=C1CSC(=O)C1Cc1ccccc1. The molecule has 1 heterocycles. The number of carbonyl (C=O) groups is 2. The van der Waals surface area contributed by atoms with Crippen LogP contribution < -0.4 is 0 Å². The fraction of sp³-hybridized carbons (Fsp3) is 0.273. The van der Waals surface area contributed by atoms with Crippen LogP contribution in [0.25, 0.3) is 0 Å². The maximum absolute atomic E-state index is 11.3. The van der Waals surface area contributed by atoms with E-state index in [2.05, 4.69) is 0 Å². The van der Waals surface area contributed by atoms with E-state index in [1.165, 1.54) is 0 Å². The predicted molar refractivity (Wildman–Crippen MR) is 56.1 cm³/mol. The van der Waals surface area contributed by atoms with Crippen LogP contribution in [-0.4, -0.2) is 16.7 Å². The third kappa shape index (κ3) is 1.87. The number of Topliss-reactive ketones (excluding diaryl/α,β-unsaturated/α-hetero) is 1. The molecule has 1 fully saturated rings. The molecule has 1 atom stereocenters. The van der Waals surface area contributed by atoms with E-state index in [9.17, 15) is 9.59 Å². The second-order valence-corrected chi connectivity index (χ2v) is 4.30. The molecule has 0 amide bonds. The number of rotatable bonds is 2. The molecule has 1 aromatic rings. The zero-order chi connectivity index (χ0) is 9.97. The van der Waals surface area contributed by atoms with Gasteiger partial charge in [-0.3, -0.25) is 9.59 Å². The van der Waals surface area contributed by atoms with Crippen LogP contribution in [-0.2, 0) is 16.0 Å². The molecule has 0 aromatic heterocycles. The van der Waals surface area contributed by atoms with Gasteiger partial charge in [0, 0.05) is 0 Å². The highest BCUT2D eigenvalue weighted by Crippen LogP contribution is 2.25. The summed E-state index contributed by atoms with van der Waals surface area (Å²) in [6.07, 6.45) is 0.561. The Bertz CT molecular complexity index is 343. The van der Waals surface area contributed by atoms with Crippen molar-refractivity contribution in [1.82, 2.24) is 0 Å². The molecule has 72 valence electrons. The fourth-order valence-corrected chi connectivity index (χ4v) is 2.42. The van der Waals surface area contributed by atoms with Gasteiger partial charge in [-0.2, -0.15) is 0 Å². The van der Waals surface area contributed by atoms with E-state index in [0.29, 0.717) is 12.2 Å². The van der Waals surface area contributed by atoms with Crippen molar-refractivity contribution >= 4 is 22.7 Å². The molecule has 1 aliphatic heterocycles. The highest BCUT2D eigenvalue weighted by Gasteiger charge is 2.33. The molecule has 14 heavy (non-hydrogen) atoms. The molecule has 0 radical (unpaired) electrons. The second-order valence-electron chi connectivity index (χ2n) is 3.32. The Hall–Kier alpha value is -1.09. The normalized spacial score (nSPS) is 21.6. The van der Waals surface area contributed by atoms with E-state index in [1.807, 2.05) is 30.3 Å². The lowest BCUT2D eigenvalue weighted by Gasteiger charge is -2.04. The van der Waals surface area contributed by atoms with Crippen LogP contribution >= 0.6 is 11.8 Å². The van der Waals surface area contributed by atoms with Crippen molar-refractivity contribution in [3.63, 3.8) is 0 Å². The second kappa shape index (κ2) is 3.96. The van der Waals surface area contributed by atoms with Crippen molar-refractivity contribution in [2.24, 2.45) is 5.92 Å². The topological polar surface area (TPSA) is 34.1 Å². The van der Waals surface area contributed by atoms with Gasteiger partial charge in [0.05, 0.1) is 11.7 Å². The van der Waals surface area contributed by atoms with Crippen LogP contribution in [0.2, 0.25) is 0 Å². The molecule has 3 heteroatoms. The quantitative estimate of drug-likeness (QED) is 0.690. The van der Waals surface area contributed by atoms with E-state index >= 15 is 0 Å². The summed E-state index contributed by atoms with van der Waals surface area (Å²) < 4.78 is 0. The number of ketones is 1. The van der Waals surface area contributed by atoms with Gasteiger partial charge in [-0.05, 0) is 12.0 Å². The van der Waals surface area contributed by atoms with Gasteiger partial charge >= 0.3 is 0 Å². The molecular weight excluding hydrogens is 196 g/mol. The molecule has 1 aliphatic rings. The van der Waals surface area contributed by atoms with Gasteiger partial charge in [-0.25, -0.2) is 0 Å². The highest BCUT2D eigenvalue weighted by molar-refractivity contribution is 8.15. The van der Waals surface area contributed by atoms with Gasteiger partial charge in [-0.15, -0.1) is 0 Å². The summed E-state index contributed by atoms with van der Waals surface area (Å²) in [4.78, 5) is 22.7. The van der Waals surface area contributed by atoms with Crippen LogP contribution in [0.4, 0.5) is 0 Å². The molecule has 1 unspecified atom stereocenters. The number of hydrogen-bond acceptors (Lipinski definition) is 3. The van der Waals surface area contributed by atoms with Crippen LogP contribution in [0.5, 0.6) is 0 Å². The van der Waals surface area contributed by atoms with Crippen molar-refractivity contribution in [2.75, 3.05) is 5.75 Å². The third-order valence-corrected chi connectivity index (χ3v) is 3.31. The Morgan fingerprint density at radius 1 is 1.21 bits per heavy atom. The van der Waals surface area contributed by atoms with E-state index in [0.717, 1.165) is 17.3 Å². The summed E-state index contributed by atoms with van der Waals surface area (Å²) in [5, 5.41) is 0.0267. The lowest BCUT2D eigenvalue weighted by atomic mass is 9.97. The van der Waals surface area contributed by atoms with Crippen molar-refractivity contribution in [3.8, 4) is 0 Å². The number of thioether (sulfide) groups is 1. The minimum Gasteiger partial charge on any atom is -0.298 e. The maximum atomic E-state index is 11.3. The summed E-state index contributed by atoms with van der Waals surface area (Å²) in [6.45, 7) is 0. The molecule has 0 N–H and O–H groups in total. The lowest BCUT2D eigenvalue weighted by molar-refractivity contribution is -0.125. The molecule has 0 aliphatic carbocycles. The van der Waals surface area contributed by atoms with Crippen molar-refractivity contribution in [2.45, 2.75) is 6.42 Å². The number of benzene rings is 1. The minimum absolute atomic E-state index is 0.0267. The van der Waals surface area contributed by atoms with Gasteiger partial charge in [0.25, 0.3) is 0 Å². The van der Waals surface area contributed by atoms with E-state index < -0.39 is 5.92 Å². The van der Waals surface area contributed by atoms with E-state index in [-0.39, 0.29) is 10.9 Å². The van der Waals surface area contributed by atoms with Gasteiger partial charge in [0.1, 0.15) is 0 Å². The Kier molecular flexibility index (Phi) is 2.68. The van der Waals surface area contributed by atoms with Gasteiger partial charge in [0.2, 0.25) is 0 Å². The standard InChI is InChI=1S/C11H10O2S/c12-10-7-14-11(13)9(10)6-8-4-2-1-3-5-8/h1-5,9H,6-7H2. The summed E-state index contributed by atoms with van der Waals surface area (Å²) in [5.74, 6) is 0.0299. The van der Waals surface area contributed by atoms with Crippen LogP contribution in [0.15, 0.2) is 30.3 Å². The Labute approximate surface area is 86.7 Å². The molecule has 1 saturated heterocycles. The summed E-state index contributed by atoms with van der Waals surface area (Å²) >= 11 is 1.14. The lowest BCUT2D eigenvalue weighted by Crippen LogP contribution is -2.17. The molecule has 0 bridgehead atoms. The Morgan fingerprint density at radius 2 is 1.93 bits per heavy atom. The van der Waals surface area contributed by atoms with E-state index in [1.54, 1.807) is 0 Å². The molecule has 1 aromatic carbocycles. The largest absolute Gasteiger partial charge is 0.298 e. The van der Waals surface area contributed by atoms with Gasteiger partial charge in [0.15, 0.2) is 10.9 Å². The van der Waals surface area contributed by atoms with Crippen LogP contribution in [0, 0.1) is 5.92 Å².